The molecule has 1 unspecified atom stereocenters. The van der Waals surface area contributed by atoms with Crippen LogP contribution >= 0.6 is 0 Å². The minimum absolute atomic E-state index is 0.240. The summed E-state index contributed by atoms with van der Waals surface area (Å²) in [6.45, 7) is 0. The molecule has 1 atom stereocenters. The Morgan fingerprint density at radius 2 is 2.36 bits per heavy atom. The third kappa shape index (κ3) is 1.99. The van der Waals surface area contributed by atoms with Crippen LogP contribution in [0.1, 0.15) is 0 Å². The van der Waals surface area contributed by atoms with Crippen molar-refractivity contribution in [2.45, 2.75) is 4.90 Å². The molecule has 1 heterocycles. The fraction of sp³-hybridized carbons (Fsp3) is 0.167. The van der Waals surface area contributed by atoms with Gasteiger partial charge >= 0.3 is 0 Å². The molecule has 0 aromatic carbocycles. The first kappa shape index (κ1) is 8.16. The van der Waals surface area contributed by atoms with E-state index in [1.165, 1.54) is 25.6 Å². The molecule has 0 saturated heterocycles. The fourth-order valence-corrected chi connectivity index (χ4v) is 0.974. The van der Waals surface area contributed by atoms with Gasteiger partial charge in [-0.05, 0) is 0 Å². The molecular formula is C6H7NO3S. The smallest absolute Gasteiger partial charge is 0.188 e. The van der Waals surface area contributed by atoms with E-state index in [4.69, 9.17) is 9.29 Å². The molecule has 5 heteroatoms. The monoisotopic (exact) mass is 173 g/mol. The Morgan fingerprint density at radius 1 is 1.64 bits per heavy atom. The highest BCUT2D eigenvalue weighted by atomic mass is 32.2. The molecule has 0 fully saturated rings. The highest BCUT2D eigenvalue weighted by Crippen LogP contribution is 2.11. The van der Waals surface area contributed by atoms with E-state index in [0.717, 1.165) is 0 Å². The van der Waals surface area contributed by atoms with E-state index >= 15 is 0 Å². The number of ether oxygens (including phenoxy) is 1. The second-order valence-corrected chi connectivity index (χ2v) is 2.78. The van der Waals surface area contributed by atoms with E-state index in [1.807, 2.05) is 0 Å². The molecule has 0 bridgehead atoms. The minimum atomic E-state index is -1.98. The van der Waals surface area contributed by atoms with Gasteiger partial charge in [0, 0.05) is 12.3 Å². The Kier molecular flexibility index (Phi) is 2.56. The van der Waals surface area contributed by atoms with Crippen molar-refractivity contribution in [1.82, 2.24) is 4.98 Å². The van der Waals surface area contributed by atoms with Crippen molar-refractivity contribution in [2.24, 2.45) is 0 Å². The summed E-state index contributed by atoms with van der Waals surface area (Å²) in [7, 11) is 1.47. The van der Waals surface area contributed by atoms with Gasteiger partial charge in [-0.3, -0.25) is 4.98 Å². The summed E-state index contributed by atoms with van der Waals surface area (Å²) in [5.74, 6) is 0.477. The van der Waals surface area contributed by atoms with Crippen LogP contribution < -0.4 is 4.74 Å². The van der Waals surface area contributed by atoms with Crippen LogP contribution in [0, 0.1) is 0 Å². The first-order valence-electron chi connectivity index (χ1n) is 2.84. The molecule has 60 valence electrons. The fourth-order valence-electron chi connectivity index (χ4n) is 0.606. The number of rotatable bonds is 2. The van der Waals surface area contributed by atoms with E-state index in [0.29, 0.717) is 5.75 Å². The zero-order chi connectivity index (χ0) is 8.27. The van der Waals surface area contributed by atoms with Crippen LogP contribution in [0.4, 0.5) is 0 Å². The zero-order valence-electron chi connectivity index (χ0n) is 5.85. The van der Waals surface area contributed by atoms with Crippen LogP contribution in [0.25, 0.3) is 0 Å². The first-order valence-corrected chi connectivity index (χ1v) is 3.94. The van der Waals surface area contributed by atoms with Crippen molar-refractivity contribution >= 4 is 11.1 Å². The maximum atomic E-state index is 10.5. The Morgan fingerprint density at radius 3 is 2.91 bits per heavy atom. The molecule has 0 aliphatic carbocycles. The van der Waals surface area contributed by atoms with Gasteiger partial charge in [-0.2, -0.15) is 0 Å². The third-order valence-corrected chi connectivity index (χ3v) is 1.75. The molecule has 1 rings (SSSR count). The van der Waals surface area contributed by atoms with Crippen molar-refractivity contribution in [1.29, 1.82) is 0 Å². The number of hydrogen-bond donors (Lipinski definition) is 1. The highest BCUT2D eigenvalue weighted by Gasteiger charge is 2.00. The summed E-state index contributed by atoms with van der Waals surface area (Å²) < 4.78 is 23.9. The van der Waals surface area contributed by atoms with Crippen LogP contribution in [-0.2, 0) is 11.1 Å². The van der Waals surface area contributed by atoms with Gasteiger partial charge in [-0.15, -0.1) is 0 Å². The van der Waals surface area contributed by atoms with Crippen molar-refractivity contribution in [3.05, 3.63) is 18.5 Å². The average molecular weight is 173 g/mol. The molecule has 0 aliphatic rings. The van der Waals surface area contributed by atoms with E-state index in [1.54, 1.807) is 0 Å². The van der Waals surface area contributed by atoms with E-state index in [2.05, 4.69) is 4.98 Å². The lowest BCUT2D eigenvalue weighted by atomic mass is 10.5. The summed E-state index contributed by atoms with van der Waals surface area (Å²) >= 11 is -1.98. The second-order valence-electron chi connectivity index (χ2n) is 1.81. The molecule has 11 heavy (non-hydrogen) atoms. The summed E-state index contributed by atoms with van der Waals surface area (Å²) in [5, 5.41) is 0. The van der Waals surface area contributed by atoms with Gasteiger partial charge in [0.1, 0.15) is 5.75 Å². The molecule has 4 nitrogen and oxygen atoms in total. The lowest BCUT2D eigenvalue weighted by Gasteiger charge is -1.98. The van der Waals surface area contributed by atoms with Crippen LogP contribution in [-0.4, -0.2) is 20.9 Å². The number of nitrogens with zero attached hydrogens (tertiary/aromatic N) is 1. The highest BCUT2D eigenvalue weighted by molar-refractivity contribution is 7.79. The molecule has 1 N–H and O–H groups in total. The van der Waals surface area contributed by atoms with Crippen molar-refractivity contribution in [3.8, 4) is 5.75 Å². The quantitative estimate of drug-likeness (QED) is 0.668. The van der Waals surface area contributed by atoms with Gasteiger partial charge in [-0.1, -0.05) is 0 Å². The van der Waals surface area contributed by atoms with E-state index in [-0.39, 0.29) is 4.90 Å². The number of methoxy groups -OCH3 is 1. The predicted octanol–water partition coefficient (Wildman–Crippen LogP) is 0.671. The topological polar surface area (TPSA) is 59.4 Å². The lowest BCUT2D eigenvalue weighted by Crippen LogP contribution is -1.91. The molecule has 0 radical (unpaired) electrons. The van der Waals surface area contributed by atoms with Gasteiger partial charge in [0.05, 0.1) is 18.2 Å². The van der Waals surface area contributed by atoms with Gasteiger partial charge in [0.15, 0.2) is 11.1 Å². The molecule has 1 aromatic rings. The molecular weight excluding hydrogens is 166 g/mol. The maximum absolute atomic E-state index is 10.5. The van der Waals surface area contributed by atoms with Crippen LogP contribution in [0.5, 0.6) is 5.75 Å². The minimum Gasteiger partial charge on any atom is -0.495 e. The third-order valence-electron chi connectivity index (χ3n) is 1.13. The standard InChI is InChI=1S/C6H7NO3S/c1-10-5-2-6(11(8)9)4-7-3-5/h2-4H,1H3,(H,8,9). The maximum Gasteiger partial charge on any atom is 0.188 e. The van der Waals surface area contributed by atoms with Crippen molar-refractivity contribution in [2.75, 3.05) is 7.11 Å². The van der Waals surface area contributed by atoms with Crippen LogP contribution in [0.3, 0.4) is 0 Å². The van der Waals surface area contributed by atoms with Crippen molar-refractivity contribution < 1.29 is 13.5 Å². The Hall–Kier alpha value is -0.940. The zero-order valence-corrected chi connectivity index (χ0v) is 6.67. The number of aromatic nitrogens is 1. The van der Waals surface area contributed by atoms with Gasteiger partial charge < -0.3 is 9.29 Å². The van der Waals surface area contributed by atoms with E-state index < -0.39 is 11.1 Å². The molecule has 0 spiro atoms. The Bertz CT molecular complexity index is 276. The molecule has 1 aromatic heterocycles. The van der Waals surface area contributed by atoms with E-state index in [9.17, 15) is 4.21 Å². The summed E-state index contributed by atoms with van der Waals surface area (Å²) in [5.41, 5.74) is 0. The number of hydrogen-bond acceptors (Lipinski definition) is 3. The summed E-state index contributed by atoms with van der Waals surface area (Å²) in [6, 6.07) is 1.46. The largest absolute Gasteiger partial charge is 0.495 e. The lowest BCUT2D eigenvalue weighted by molar-refractivity contribution is 0.411. The molecule has 0 saturated carbocycles. The predicted molar refractivity (Wildman–Crippen MR) is 39.8 cm³/mol. The second kappa shape index (κ2) is 3.45. The molecule has 0 amide bonds. The van der Waals surface area contributed by atoms with Crippen LogP contribution in [0.2, 0.25) is 0 Å². The van der Waals surface area contributed by atoms with Gasteiger partial charge in [-0.25, -0.2) is 4.21 Å². The summed E-state index contributed by atoms with van der Waals surface area (Å²) in [4.78, 5) is 3.94. The Balaban J connectivity index is 3.01. The van der Waals surface area contributed by atoms with Crippen molar-refractivity contribution in [3.63, 3.8) is 0 Å². The van der Waals surface area contributed by atoms with Crippen LogP contribution in [0.15, 0.2) is 23.4 Å². The number of pyridine rings is 1. The normalized spacial score (nSPS) is 12.5. The molecule has 0 aliphatic heterocycles. The summed E-state index contributed by atoms with van der Waals surface area (Å²) in [6.07, 6.45) is 2.79. The Labute approximate surface area is 66.5 Å². The van der Waals surface area contributed by atoms with Gasteiger partial charge in [0.2, 0.25) is 0 Å². The first-order chi connectivity index (χ1) is 5.24. The van der Waals surface area contributed by atoms with Gasteiger partial charge in [0.25, 0.3) is 0 Å². The average Bonchev–Trinajstić information content (AvgIpc) is 2.05. The SMILES string of the molecule is COc1cncc(S(=O)O)c1.